The Labute approximate surface area is 98.7 Å². The fourth-order valence-corrected chi connectivity index (χ4v) is 2.31. The lowest BCUT2D eigenvalue weighted by Crippen LogP contribution is -2.05. The lowest BCUT2D eigenvalue weighted by molar-refractivity contribution is 0.484. The molecule has 84 valence electrons. The topological polar surface area (TPSA) is 0 Å². The molecule has 1 atom stereocenters. The number of hydrogen-bond acceptors (Lipinski definition) is 0. The smallest absolute Gasteiger partial charge is 0.0229 e. The van der Waals surface area contributed by atoms with Crippen molar-refractivity contribution in [1.82, 2.24) is 0 Å². The largest absolute Gasteiger partial charge is 0.0674 e. The Bertz CT molecular complexity index is 370. The van der Waals surface area contributed by atoms with E-state index in [1.165, 1.54) is 31.2 Å². The standard InChI is InChI=1S/C16H20/c1-14-8-5-6-12-16(14)13-7-11-15-9-3-2-4-10-15/h2-4,7,9-11,13-14H,5-6,8,12H2,1H3/b11-7+,16-13-. The Balaban J connectivity index is 2.00. The minimum Gasteiger partial charge on any atom is -0.0674 e. The summed E-state index contributed by atoms with van der Waals surface area (Å²) in [7, 11) is 0. The van der Waals surface area contributed by atoms with Gasteiger partial charge in [-0.1, -0.05) is 67.5 Å². The third kappa shape index (κ3) is 3.10. The van der Waals surface area contributed by atoms with Crippen LogP contribution in [0.2, 0.25) is 0 Å². The fraction of sp³-hybridized carbons (Fsp3) is 0.375. The van der Waals surface area contributed by atoms with E-state index in [1.54, 1.807) is 5.57 Å². The summed E-state index contributed by atoms with van der Waals surface area (Å²) in [5.74, 6) is 0.786. The second kappa shape index (κ2) is 5.69. The molecule has 1 fully saturated rings. The van der Waals surface area contributed by atoms with Gasteiger partial charge in [0.15, 0.2) is 0 Å². The monoisotopic (exact) mass is 212 g/mol. The molecule has 0 radical (unpaired) electrons. The van der Waals surface area contributed by atoms with Crippen LogP contribution in [0, 0.1) is 5.92 Å². The summed E-state index contributed by atoms with van der Waals surface area (Å²) in [6.07, 6.45) is 12.1. The summed E-state index contributed by atoms with van der Waals surface area (Å²) in [5, 5.41) is 0. The van der Waals surface area contributed by atoms with E-state index in [0.717, 1.165) is 5.92 Å². The maximum absolute atomic E-state index is 2.35. The molecule has 1 saturated carbocycles. The van der Waals surface area contributed by atoms with Crippen molar-refractivity contribution in [1.29, 1.82) is 0 Å². The van der Waals surface area contributed by atoms with Crippen LogP contribution in [0.5, 0.6) is 0 Å². The quantitative estimate of drug-likeness (QED) is 0.658. The number of benzene rings is 1. The van der Waals surface area contributed by atoms with Crippen molar-refractivity contribution in [2.75, 3.05) is 0 Å². The summed E-state index contributed by atoms with van der Waals surface area (Å²) < 4.78 is 0. The van der Waals surface area contributed by atoms with Gasteiger partial charge in [0.25, 0.3) is 0 Å². The van der Waals surface area contributed by atoms with Gasteiger partial charge in [-0.3, -0.25) is 0 Å². The number of rotatable bonds is 2. The molecule has 1 aliphatic rings. The molecule has 1 aromatic carbocycles. The number of allylic oxidation sites excluding steroid dienone is 3. The third-order valence-electron chi connectivity index (χ3n) is 3.38. The first kappa shape index (κ1) is 11.2. The lowest BCUT2D eigenvalue weighted by atomic mass is 9.85. The maximum Gasteiger partial charge on any atom is -0.0229 e. The van der Waals surface area contributed by atoms with Gasteiger partial charge in [0, 0.05) is 0 Å². The molecule has 16 heavy (non-hydrogen) atoms. The van der Waals surface area contributed by atoms with Crippen LogP contribution in [-0.4, -0.2) is 0 Å². The normalized spacial score (nSPS) is 24.1. The number of hydrogen-bond donors (Lipinski definition) is 0. The lowest BCUT2D eigenvalue weighted by Gasteiger charge is -2.20. The fourth-order valence-electron chi connectivity index (χ4n) is 2.31. The summed E-state index contributed by atoms with van der Waals surface area (Å²) in [6, 6.07) is 10.5. The van der Waals surface area contributed by atoms with Crippen molar-refractivity contribution in [3.8, 4) is 0 Å². The van der Waals surface area contributed by atoms with Gasteiger partial charge in [-0.15, -0.1) is 0 Å². The van der Waals surface area contributed by atoms with Gasteiger partial charge in [0.05, 0.1) is 0 Å². The second-order valence-corrected chi connectivity index (χ2v) is 4.66. The molecular weight excluding hydrogens is 192 g/mol. The zero-order valence-electron chi connectivity index (χ0n) is 10.0. The first-order valence-electron chi connectivity index (χ1n) is 6.28. The highest BCUT2D eigenvalue weighted by Gasteiger charge is 2.12. The first-order chi connectivity index (χ1) is 7.86. The molecule has 2 rings (SSSR count). The van der Waals surface area contributed by atoms with E-state index >= 15 is 0 Å². The van der Waals surface area contributed by atoms with Gasteiger partial charge in [-0.25, -0.2) is 0 Å². The summed E-state index contributed by atoms with van der Waals surface area (Å²) in [4.78, 5) is 0. The van der Waals surface area contributed by atoms with Crippen LogP contribution in [0.3, 0.4) is 0 Å². The summed E-state index contributed by atoms with van der Waals surface area (Å²) >= 11 is 0. The van der Waals surface area contributed by atoms with Gasteiger partial charge >= 0.3 is 0 Å². The zero-order chi connectivity index (χ0) is 11.2. The average molecular weight is 212 g/mol. The van der Waals surface area contributed by atoms with E-state index in [0.29, 0.717) is 0 Å². The average Bonchev–Trinajstić information content (AvgIpc) is 2.33. The minimum absolute atomic E-state index is 0.786. The van der Waals surface area contributed by atoms with Crippen molar-refractivity contribution in [2.24, 2.45) is 5.92 Å². The van der Waals surface area contributed by atoms with Crippen LogP contribution in [0.4, 0.5) is 0 Å². The second-order valence-electron chi connectivity index (χ2n) is 4.66. The zero-order valence-corrected chi connectivity index (χ0v) is 10.0. The van der Waals surface area contributed by atoms with Crippen LogP contribution < -0.4 is 0 Å². The molecule has 0 nitrogen and oxygen atoms in total. The van der Waals surface area contributed by atoms with E-state index < -0.39 is 0 Å². The Kier molecular flexibility index (Phi) is 3.98. The predicted molar refractivity (Wildman–Crippen MR) is 71.2 cm³/mol. The van der Waals surface area contributed by atoms with E-state index in [2.05, 4.69) is 55.5 Å². The molecule has 0 bridgehead atoms. The minimum atomic E-state index is 0.786. The molecule has 1 aromatic rings. The van der Waals surface area contributed by atoms with E-state index in [1.807, 2.05) is 0 Å². The molecule has 0 N–H and O–H groups in total. The molecule has 0 amide bonds. The van der Waals surface area contributed by atoms with Crippen molar-refractivity contribution in [3.63, 3.8) is 0 Å². The van der Waals surface area contributed by atoms with Gasteiger partial charge < -0.3 is 0 Å². The highest BCUT2D eigenvalue weighted by Crippen LogP contribution is 2.28. The Morgan fingerprint density at radius 3 is 2.69 bits per heavy atom. The Morgan fingerprint density at radius 2 is 1.94 bits per heavy atom. The Hall–Kier alpha value is -1.30. The molecular formula is C16H20. The van der Waals surface area contributed by atoms with Crippen LogP contribution in [-0.2, 0) is 0 Å². The van der Waals surface area contributed by atoms with Crippen LogP contribution in [0.25, 0.3) is 6.08 Å². The van der Waals surface area contributed by atoms with Gasteiger partial charge in [-0.2, -0.15) is 0 Å². The molecule has 0 heteroatoms. The van der Waals surface area contributed by atoms with Gasteiger partial charge in [0.2, 0.25) is 0 Å². The highest BCUT2D eigenvalue weighted by atomic mass is 14.2. The van der Waals surface area contributed by atoms with Crippen molar-refractivity contribution in [2.45, 2.75) is 32.6 Å². The first-order valence-corrected chi connectivity index (χ1v) is 6.28. The third-order valence-corrected chi connectivity index (χ3v) is 3.38. The maximum atomic E-state index is 2.35. The highest BCUT2D eigenvalue weighted by molar-refractivity contribution is 5.51. The van der Waals surface area contributed by atoms with Crippen LogP contribution >= 0.6 is 0 Å². The molecule has 1 aliphatic carbocycles. The van der Waals surface area contributed by atoms with E-state index in [9.17, 15) is 0 Å². The molecule has 0 heterocycles. The van der Waals surface area contributed by atoms with Crippen LogP contribution in [0.1, 0.15) is 38.2 Å². The van der Waals surface area contributed by atoms with Crippen molar-refractivity contribution < 1.29 is 0 Å². The predicted octanol–water partition coefficient (Wildman–Crippen LogP) is 4.84. The molecule has 0 spiro atoms. The van der Waals surface area contributed by atoms with Gasteiger partial charge in [-0.05, 0) is 30.7 Å². The van der Waals surface area contributed by atoms with Crippen molar-refractivity contribution >= 4 is 6.08 Å². The Morgan fingerprint density at radius 1 is 1.12 bits per heavy atom. The molecule has 0 aromatic heterocycles. The molecule has 0 aliphatic heterocycles. The van der Waals surface area contributed by atoms with Gasteiger partial charge in [0.1, 0.15) is 0 Å². The SMILES string of the molecule is CC1CCCC/C1=C/C=C/c1ccccc1. The van der Waals surface area contributed by atoms with Crippen molar-refractivity contribution in [3.05, 3.63) is 53.6 Å². The molecule has 0 saturated heterocycles. The summed E-state index contributed by atoms with van der Waals surface area (Å²) in [5.41, 5.74) is 2.90. The van der Waals surface area contributed by atoms with Crippen LogP contribution in [0.15, 0.2) is 48.1 Å². The van der Waals surface area contributed by atoms with E-state index in [-0.39, 0.29) is 0 Å². The summed E-state index contributed by atoms with van der Waals surface area (Å²) in [6.45, 7) is 2.35. The molecule has 1 unspecified atom stereocenters. The van der Waals surface area contributed by atoms with E-state index in [4.69, 9.17) is 0 Å².